The second-order valence-corrected chi connectivity index (χ2v) is 4.41. The van der Waals surface area contributed by atoms with Crippen molar-refractivity contribution in [1.29, 1.82) is 0 Å². The van der Waals surface area contributed by atoms with Crippen LogP contribution in [-0.4, -0.2) is 5.78 Å². The predicted octanol–water partition coefficient (Wildman–Crippen LogP) is 4.41. The first-order chi connectivity index (χ1) is 9.77. The largest absolute Gasteiger partial charge is 0.416 e. The van der Waals surface area contributed by atoms with Gasteiger partial charge in [-0.05, 0) is 35.9 Å². The number of halogens is 5. The monoisotopic (exact) mass is 300 g/mol. The summed E-state index contributed by atoms with van der Waals surface area (Å²) in [6, 6.07) is 6.28. The van der Waals surface area contributed by atoms with Gasteiger partial charge in [0.25, 0.3) is 0 Å². The Morgan fingerprint density at radius 2 is 1.57 bits per heavy atom. The molecule has 0 unspecified atom stereocenters. The molecule has 0 aliphatic rings. The second kappa shape index (κ2) is 5.63. The molecular weight excluding hydrogens is 291 g/mol. The van der Waals surface area contributed by atoms with Gasteiger partial charge in [0.1, 0.15) is 11.6 Å². The molecular formula is C15H9F5O. The molecule has 2 aromatic rings. The van der Waals surface area contributed by atoms with Crippen LogP contribution in [0.3, 0.4) is 0 Å². The van der Waals surface area contributed by atoms with Crippen molar-refractivity contribution in [3.63, 3.8) is 0 Å². The van der Waals surface area contributed by atoms with Crippen LogP contribution >= 0.6 is 0 Å². The van der Waals surface area contributed by atoms with Gasteiger partial charge in [0.15, 0.2) is 5.78 Å². The van der Waals surface area contributed by atoms with Crippen molar-refractivity contribution in [3.05, 3.63) is 70.8 Å². The standard InChI is InChI=1S/C15H9F5O/c16-12-5-6-13(17)10(7-12)8-14(21)9-1-3-11(4-2-9)15(18,19)20/h1-7H,8H2. The zero-order valence-electron chi connectivity index (χ0n) is 10.5. The molecule has 6 heteroatoms. The van der Waals surface area contributed by atoms with Crippen LogP contribution in [0.2, 0.25) is 0 Å². The molecule has 2 rings (SSSR count). The van der Waals surface area contributed by atoms with Crippen LogP contribution < -0.4 is 0 Å². The zero-order valence-corrected chi connectivity index (χ0v) is 10.5. The fourth-order valence-electron chi connectivity index (χ4n) is 1.80. The number of hydrogen-bond donors (Lipinski definition) is 0. The summed E-state index contributed by atoms with van der Waals surface area (Å²) in [7, 11) is 0. The second-order valence-electron chi connectivity index (χ2n) is 4.41. The van der Waals surface area contributed by atoms with Gasteiger partial charge in [-0.1, -0.05) is 12.1 Å². The Labute approximate surface area is 117 Å². The van der Waals surface area contributed by atoms with E-state index in [-0.39, 0.29) is 11.1 Å². The first-order valence-electron chi connectivity index (χ1n) is 5.92. The smallest absolute Gasteiger partial charge is 0.294 e. The summed E-state index contributed by atoms with van der Waals surface area (Å²) >= 11 is 0. The molecule has 0 aliphatic carbocycles. The van der Waals surface area contributed by atoms with Crippen molar-refractivity contribution >= 4 is 5.78 Å². The number of carbonyl (C=O) groups excluding carboxylic acids is 1. The minimum Gasteiger partial charge on any atom is -0.294 e. The molecule has 0 aliphatic heterocycles. The lowest BCUT2D eigenvalue weighted by Gasteiger charge is -2.07. The highest BCUT2D eigenvalue weighted by Crippen LogP contribution is 2.29. The summed E-state index contributed by atoms with van der Waals surface area (Å²) in [5.41, 5.74) is -1.01. The minimum atomic E-state index is -4.49. The summed E-state index contributed by atoms with van der Waals surface area (Å²) in [6.45, 7) is 0. The third kappa shape index (κ3) is 3.65. The molecule has 0 radical (unpaired) electrons. The molecule has 0 fully saturated rings. The molecule has 2 aromatic carbocycles. The Balaban J connectivity index is 2.19. The topological polar surface area (TPSA) is 17.1 Å². The molecule has 0 amide bonds. The fraction of sp³-hybridized carbons (Fsp3) is 0.133. The number of benzene rings is 2. The maximum Gasteiger partial charge on any atom is 0.416 e. The summed E-state index contributed by atoms with van der Waals surface area (Å²) in [5, 5.41) is 0. The molecule has 21 heavy (non-hydrogen) atoms. The Morgan fingerprint density at radius 3 is 2.14 bits per heavy atom. The third-order valence-corrected chi connectivity index (χ3v) is 2.89. The molecule has 0 heterocycles. The van der Waals surface area contributed by atoms with E-state index < -0.39 is 35.6 Å². The number of rotatable bonds is 3. The van der Waals surface area contributed by atoms with Gasteiger partial charge in [-0.2, -0.15) is 13.2 Å². The van der Waals surface area contributed by atoms with Crippen LogP contribution in [-0.2, 0) is 12.6 Å². The molecule has 110 valence electrons. The first kappa shape index (κ1) is 15.2. The Morgan fingerprint density at radius 1 is 0.952 bits per heavy atom. The van der Waals surface area contributed by atoms with E-state index in [9.17, 15) is 26.7 Å². The molecule has 0 aromatic heterocycles. The van der Waals surface area contributed by atoms with Gasteiger partial charge in [-0.25, -0.2) is 8.78 Å². The molecule has 0 saturated heterocycles. The summed E-state index contributed by atoms with van der Waals surface area (Å²) in [6.07, 6.45) is -4.91. The Hall–Kier alpha value is -2.24. The van der Waals surface area contributed by atoms with Gasteiger partial charge in [-0.15, -0.1) is 0 Å². The van der Waals surface area contributed by atoms with Crippen LogP contribution in [0.4, 0.5) is 22.0 Å². The third-order valence-electron chi connectivity index (χ3n) is 2.89. The van der Waals surface area contributed by atoms with E-state index in [0.29, 0.717) is 0 Å². The van der Waals surface area contributed by atoms with Crippen LogP contribution in [0, 0.1) is 11.6 Å². The van der Waals surface area contributed by atoms with E-state index >= 15 is 0 Å². The molecule has 1 nitrogen and oxygen atoms in total. The average Bonchev–Trinajstić information content (AvgIpc) is 2.42. The van der Waals surface area contributed by atoms with Crippen molar-refractivity contribution < 1.29 is 26.7 Å². The van der Waals surface area contributed by atoms with Gasteiger partial charge in [0.2, 0.25) is 0 Å². The van der Waals surface area contributed by atoms with Crippen molar-refractivity contribution in [2.75, 3.05) is 0 Å². The van der Waals surface area contributed by atoms with E-state index in [4.69, 9.17) is 0 Å². The van der Waals surface area contributed by atoms with E-state index in [1.165, 1.54) is 0 Å². The van der Waals surface area contributed by atoms with E-state index in [2.05, 4.69) is 0 Å². The summed E-state index contributed by atoms with van der Waals surface area (Å²) < 4.78 is 63.5. The van der Waals surface area contributed by atoms with Gasteiger partial charge in [0, 0.05) is 12.0 Å². The highest BCUT2D eigenvalue weighted by atomic mass is 19.4. The lowest BCUT2D eigenvalue weighted by atomic mass is 10.0. The number of alkyl halides is 3. The number of Topliss-reactive ketones (excluding diaryl/α,β-unsaturated/α-hetero) is 1. The Kier molecular flexibility index (Phi) is 4.06. The SMILES string of the molecule is O=C(Cc1cc(F)ccc1F)c1ccc(C(F)(F)F)cc1. The van der Waals surface area contributed by atoms with Crippen LogP contribution in [0.5, 0.6) is 0 Å². The normalized spacial score (nSPS) is 11.5. The maximum atomic E-state index is 13.4. The van der Waals surface area contributed by atoms with Crippen molar-refractivity contribution in [3.8, 4) is 0 Å². The molecule has 0 saturated carbocycles. The summed E-state index contributed by atoms with van der Waals surface area (Å²) in [4.78, 5) is 11.9. The quantitative estimate of drug-likeness (QED) is 0.606. The number of hydrogen-bond acceptors (Lipinski definition) is 1. The molecule has 0 atom stereocenters. The fourth-order valence-corrected chi connectivity index (χ4v) is 1.80. The predicted molar refractivity (Wildman–Crippen MR) is 65.8 cm³/mol. The van der Waals surface area contributed by atoms with Gasteiger partial charge < -0.3 is 0 Å². The minimum absolute atomic E-state index is 0.00617. The maximum absolute atomic E-state index is 13.4. The van der Waals surface area contributed by atoms with Crippen molar-refractivity contribution in [2.45, 2.75) is 12.6 Å². The van der Waals surface area contributed by atoms with E-state index in [1.807, 2.05) is 0 Å². The van der Waals surface area contributed by atoms with Gasteiger partial charge >= 0.3 is 6.18 Å². The van der Waals surface area contributed by atoms with E-state index in [1.54, 1.807) is 0 Å². The lowest BCUT2D eigenvalue weighted by Crippen LogP contribution is -2.08. The van der Waals surface area contributed by atoms with Crippen LogP contribution in [0.1, 0.15) is 21.5 Å². The van der Waals surface area contributed by atoms with Crippen LogP contribution in [0.25, 0.3) is 0 Å². The highest BCUT2D eigenvalue weighted by Gasteiger charge is 2.30. The number of carbonyl (C=O) groups is 1. The average molecular weight is 300 g/mol. The lowest BCUT2D eigenvalue weighted by molar-refractivity contribution is -0.137. The first-order valence-corrected chi connectivity index (χ1v) is 5.92. The molecule has 0 N–H and O–H groups in total. The van der Waals surface area contributed by atoms with Crippen LogP contribution in [0.15, 0.2) is 42.5 Å². The van der Waals surface area contributed by atoms with Crippen molar-refractivity contribution in [2.24, 2.45) is 0 Å². The Bertz CT molecular complexity index is 659. The zero-order chi connectivity index (χ0) is 15.6. The van der Waals surface area contributed by atoms with Crippen molar-refractivity contribution in [1.82, 2.24) is 0 Å². The summed E-state index contributed by atoms with van der Waals surface area (Å²) in [5.74, 6) is -2.02. The number of ketones is 1. The van der Waals surface area contributed by atoms with Gasteiger partial charge in [-0.3, -0.25) is 4.79 Å². The molecule has 0 bridgehead atoms. The molecule has 0 spiro atoms. The highest BCUT2D eigenvalue weighted by molar-refractivity contribution is 5.97. The van der Waals surface area contributed by atoms with E-state index in [0.717, 1.165) is 42.5 Å². The van der Waals surface area contributed by atoms with Gasteiger partial charge in [0.05, 0.1) is 5.56 Å².